The van der Waals surface area contributed by atoms with E-state index in [2.05, 4.69) is 10.6 Å². The molecule has 0 aliphatic carbocycles. The lowest BCUT2D eigenvalue weighted by Crippen LogP contribution is -2.54. The number of imide groups is 2. The Morgan fingerprint density at radius 1 is 1.03 bits per heavy atom. The van der Waals surface area contributed by atoms with Crippen LogP contribution in [0.3, 0.4) is 0 Å². The van der Waals surface area contributed by atoms with E-state index in [1.165, 1.54) is 37.5 Å². The van der Waals surface area contributed by atoms with E-state index in [0.717, 1.165) is 4.90 Å². The van der Waals surface area contributed by atoms with Crippen molar-refractivity contribution in [3.63, 3.8) is 0 Å². The second-order valence-electron chi connectivity index (χ2n) is 8.12. The molecule has 200 valence electrons. The summed E-state index contributed by atoms with van der Waals surface area (Å²) in [5.41, 5.74) is 0.913. The molecule has 39 heavy (non-hydrogen) atoms. The molecule has 0 radical (unpaired) electrons. The average molecular weight is 550 g/mol. The van der Waals surface area contributed by atoms with Crippen molar-refractivity contribution in [2.24, 2.45) is 0 Å². The standard InChI is InChI=1S/C28H24ClN3O7/c1-3-38-23-15-17(14-22(29)25(23)39-16-24(33)30-18-7-5-4-6-8-18)13-21-26(34)31-28(36)32(27(21)35)19-9-11-20(37-2)12-10-19/h4-15H,3,16H2,1-2H3,(H,30,33)(H,31,34,36)/b21-13+. The molecule has 0 unspecified atom stereocenters. The van der Waals surface area contributed by atoms with Gasteiger partial charge < -0.3 is 19.5 Å². The van der Waals surface area contributed by atoms with Gasteiger partial charge in [-0.25, -0.2) is 9.69 Å². The number of ether oxygens (including phenoxy) is 3. The van der Waals surface area contributed by atoms with Gasteiger partial charge in [0.1, 0.15) is 11.3 Å². The quantitative estimate of drug-likeness (QED) is 0.299. The molecule has 3 aromatic rings. The molecule has 0 spiro atoms. The van der Waals surface area contributed by atoms with E-state index in [9.17, 15) is 19.2 Å². The molecule has 0 aromatic heterocycles. The Balaban J connectivity index is 1.58. The number of urea groups is 1. The number of hydrogen-bond donors (Lipinski definition) is 2. The summed E-state index contributed by atoms with van der Waals surface area (Å²) in [6, 6.07) is 17.2. The Morgan fingerprint density at radius 2 is 1.74 bits per heavy atom. The maximum atomic E-state index is 13.2. The lowest BCUT2D eigenvalue weighted by atomic mass is 10.1. The Morgan fingerprint density at radius 3 is 2.41 bits per heavy atom. The Kier molecular flexibility index (Phi) is 8.47. The molecule has 2 N–H and O–H groups in total. The maximum Gasteiger partial charge on any atom is 0.335 e. The summed E-state index contributed by atoms with van der Waals surface area (Å²) in [4.78, 5) is 51.4. The topological polar surface area (TPSA) is 123 Å². The van der Waals surface area contributed by atoms with Gasteiger partial charge in [0.25, 0.3) is 17.7 Å². The van der Waals surface area contributed by atoms with Crippen molar-refractivity contribution in [3.8, 4) is 17.2 Å². The summed E-state index contributed by atoms with van der Waals surface area (Å²) in [6.45, 7) is 1.67. The molecular weight excluding hydrogens is 526 g/mol. The first kappa shape index (κ1) is 27.2. The van der Waals surface area contributed by atoms with Crippen molar-refractivity contribution >= 4 is 52.8 Å². The number of methoxy groups -OCH3 is 1. The molecule has 4 rings (SSSR count). The Labute approximate surface area is 229 Å². The number of para-hydroxylation sites is 1. The molecule has 5 amide bonds. The number of nitrogens with zero attached hydrogens (tertiary/aromatic N) is 1. The molecular formula is C28H24ClN3O7. The SMILES string of the molecule is CCOc1cc(/C=C2\C(=O)NC(=O)N(c3ccc(OC)cc3)C2=O)cc(Cl)c1OCC(=O)Nc1ccccc1. The second-order valence-corrected chi connectivity index (χ2v) is 8.53. The third-order valence-electron chi connectivity index (χ3n) is 5.48. The molecule has 3 aromatic carbocycles. The van der Waals surface area contributed by atoms with Gasteiger partial charge in [0.05, 0.1) is 24.4 Å². The number of carbonyl (C=O) groups is 4. The molecule has 1 heterocycles. The van der Waals surface area contributed by atoms with Crippen molar-refractivity contribution < 1.29 is 33.4 Å². The minimum atomic E-state index is -0.877. The van der Waals surface area contributed by atoms with Gasteiger partial charge in [-0.15, -0.1) is 0 Å². The predicted octanol–water partition coefficient (Wildman–Crippen LogP) is 4.43. The fraction of sp³-hybridized carbons (Fsp3) is 0.143. The van der Waals surface area contributed by atoms with Crippen LogP contribution >= 0.6 is 11.6 Å². The molecule has 1 aliphatic rings. The van der Waals surface area contributed by atoms with Crippen molar-refractivity contribution in [3.05, 3.63) is 82.9 Å². The van der Waals surface area contributed by atoms with Gasteiger partial charge >= 0.3 is 6.03 Å². The van der Waals surface area contributed by atoms with Gasteiger partial charge in [0.2, 0.25) is 0 Å². The third-order valence-corrected chi connectivity index (χ3v) is 5.76. The monoisotopic (exact) mass is 549 g/mol. The highest BCUT2D eigenvalue weighted by Crippen LogP contribution is 2.37. The molecule has 11 heteroatoms. The number of barbiturate groups is 1. The zero-order valence-corrected chi connectivity index (χ0v) is 21.8. The first-order valence-corrected chi connectivity index (χ1v) is 12.2. The molecule has 1 fully saturated rings. The van der Waals surface area contributed by atoms with E-state index in [1.807, 2.05) is 6.07 Å². The van der Waals surface area contributed by atoms with E-state index in [0.29, 0.717) is 17.0 Å². The van der Waals surface area contributed by atoms with Crippen LogP contribution in [0.4, 0.5) is 16.2 Å². The fourth-order valence-electron chi connectivity index (χ4n) is 3.72. The normalized spacial score (nSPS) is 14.2. The first-order valence-electron chi connectivity index (χ1n) is 11.8. The summed E-state index contributed by atoms with van der Waals surface area (Å²) < 4.78 is 16.4. The van der Waals surface area contributed by atoms with Crippen LogP contribution in [-0.2, 0) is 14.4 Å². The highest BCUT2D eigenvalue weighted by atomic mass is 35.5. The number of benzene rings is 3. The molecule has 1 aliphatic heterocycles. The largest absolute Gasteiger partial charge is 0.497 e. The van der Waals surface area contributed by atoms with Gasteiger partial charge in [-0.05, 0) is 67.1 Å². The molecule has 10 nitrogen and oxygen atoms in total. The van der Waals surface area contributed by atoms with E-state index < -0.39 is 23.8 Å². The lowest BCUT2D eigenvalue weighted by Gasteiger charge is -2.26. The van der Waals surface area contributed by atoms with E-state index in [-0.39, 0.29) is 41.0 Å². The van der Waals surface area contributed by atoms with Crippen LogP contribution in [0.2, 0.25) is 5.02 Å². The molecule has 0 bridgehead atoms. The Hall–Kier alpha value is -4.83. The van der Waals surface area contributed by atoms with Crippen molar-refractivity contribution in [1.82, 2.24) is 5.32 Å². The maximum absolute atomic E-state index is 13.2. The van der Waals surface area contributed by atoms with Gasteiger partial charge in [-0.2, -0.15) is 0 Å². The highest BCUT2D eigenvalue weighted by molar-refractivity contribution is 6.39. The van der Waals surface area contributed by atoms with Gasteiger partial charge in [-0.1, -0.05) is 29.8 Å². The number of carbonyl (C=O) groups excluding carboxylic acids is 4. The number of amides is 5. The molecule has 0 saturated carbocycles. The van der Waals surface area contributed by atoms with Crippen molar-refractivity contribution in [1.29, 1.82) is 0 Å². The first-order chi connectivity index (χ1) is 18.8. The van der Waals surface area contributed by atoms with Crippen LogP contribution in [0.15, 0.2) is 72.3 Å². The van der Waals surface area contributed by atoms with Crippen molar-refractivity contribution in [2.75, 3.05) is 30.5 Å². The number of hydrogen-bond acceptors (Lipinski definition) is 7. The van der Waals surface area contributed by atoms with Crippen LogP contribution < -0.4 is 29.7 Å². The van der Waals surface area contributed by atoms with E-state index in [4.69, 9.17) is 25.8 Å². The third kappa shape index (κ3) is 6.36. The van der Waals surface area contributed by atoms with Crippen molar-refractivity contribution in [2.45, 2.75) is 6.92 Å². The molecule has 1 saturated heterocycles. The number of halogens is 1. The highest BCUT2D eigenvalue weighted by Gasteiger charge is 2.37. The molecule has 0 atom stereocenters. The zero-order valence-electron chi connectivity index (χ0n) is 21.0. The van der Waals surface area contributed by atoms with Crippen LogP contribution in [0.1, 0.15) is 12.5 Å². The average Bonchev–Trinajstić information content (AvgIpc) is 2.91. The van der Waals surface area contributed by atoms with Crippen LogP contribution in [0, 0.1) is 0 Å². The summed E-state index contributed by atoms with van der Waals surface area (Å²) in [7, 11) is 1.49. The van der Waals surface area contributed by atoms with E-state index in [1.54, 1.807) is 43.3 Å². The van der Waals surface area contributed by atoms with Gasteiger partial charge in [0.15, 0.2) is 18.1 Å². The minimum Gasteiger partial charge on any atom is -0.497 e. The van der Waals surface area contributed by atoms with Gasteiger partial charge in [-0.3, -0.25) is 19.7 Å². The van der Waals surface area contributed by atoms with Crippen LogP contribution in [0.5, 0.6) is 17.2 Å². The zero-order chi connectivity index (χ0) is 27.9. The van der Waals surface area contributed by atoms with Crippen LogP contribution in [0.25, 0.3) is 6.08 Å². The smallest absolute Gasteiger partial charge is 0.335 e. The second kappa shape index (κ2) is 12.1. The predicted molar refractivity (Wildman–Crippen MR) is 145 cm³/mol. The van der Waals surface area contributed by atoms with Crippen LogP contribution in [-0.4, -0.2) is 44.1 Å². The summed E-state index contributed by atoms with van der Waals surface area (Å²) in [5, 5.41) is 4.97. The number of rotatable bonds is 9. The van der Waals surface area contributed by atoms with E-state index >= 15 is 0 Å². The minimum absolute atomic E-state index is 0.0899. The summed E-state index contributed by atoms with van der Waals surface area (Å²) in [6.07, 6.45) is 1.29. The summed E-state index contributed by atoms with van der Waals surface area (Å²) >= 11 is 6.45. The lowest BCUT2D eigenvalue weighted by molar-refractivity contribution is -0.122. The Bertz CT molecular complexity index is 1440. The number of nitrogens with one attached hydrogen (secondary N) is 2. The van der Waals surface area contributed by atoms with Gasteiger partial charge in [0, 0.05) is 5.69 Å². The fourth-order valence-corrected chi connectivity index (χ4v) is 3.99. The summed E-state index contributed by atoms with van der Waals surface area (Å²) in [5.74, 6) is -1.22. The number of anilines is 2.